The first-order valence-electron chi connectivity index (χ1n) is 49.2. The lowest BCUT2D eigenvalue weighted by Gasteiger charge is -2.25. The molecular formula is C99H171N3O40S. The zero-order chi connectivity index (χ0) is 103. The molecule has 0 fully saturated rings. The molecule has 1 amide bonds. The maximum Gasteiger partial charge on any atom is 0.251 e. The minimum Gasteiger partial charge on any atom is -0.486 e. The molecule has 828 valence electrons. The third-order valence-corrected chi connectivity index (χ3v) is 21.2. The van der Waals surface area contributed by atoms with E-state index in [1.807, 2.05) is 49.3 Å². The van der Waals surface area contributed by atoms with E-state index in [0.717, 1.165) is 16.6 Å². The zero-order valence-corrected chi connectivity index (χ0v) is 87.5. The standard InChI is InChI=1S/C99H171N3O40S/c1-102(2)94-18-11-17-93-92(94)16-12-19-97(93)143(104,105)101-21-14-22-138-98-95(141-90(80-134-67-59-126-51-43-118-35-27-110-7)81-135-68-60-127-52-44-119-36-28-111-8)73-85(74-96(98)142-91(82-136-69-61-128-53-45-120-37-29-112-9)83-137-70-62-129-54-46-121-38-30-113-10)99(103)100-20-13-15-84-71-86(139-88(76-130-63-55-122-47-39-114-31-23-106-3)77-131-64-56-123-48-40-115-32-24-107-4)75-87(72-84)140-89(78-132-65-57-124-49-41-116-33-25-108-5)79-133-66-58-125-50-42-117-34-26-109-6/h11-12,16-19,71-75,88-91,101H,13-15,20-70,76-83H2,1-10H3,(H,100,103). The first kappa shape index (κ1) is 129. The fourth-order valence-electron chi connectivity index (χ4n) is 12.5. The molecule has 0 unspecified atom stereocenters. The number of fused-ring (bicyclic) bond motifs is 1. The smallest absolute Gasteiger partial charge is 0.251 e. The predicted molar refractivity (Wildman–Crippen MR) is 529 cm³/mol. The summed E-state index contributed by atoms with van der Waals surface area (Å²) in [4.78, 5) is 17.5. The Morgan fingerprint density at radius 1 is 0.287 bits per heavy atom. The van der Waals surface area contributed by atoms with Crippen LogP contribution >= 0.6 is 0 Å². The van der Waals surface area contributed by atoms with Gasteiger partial charge in [0.1, 0.15) is 35.9 Å². The predicted octanol–water partition coefficient (Wildman–Crippen LogP) is 5.57. The highest BCUT2D eigenvalue weighted by Gasteiger charge is 2.27. The van der Waals surface area contributed by atoms with Gasteiger partial charge in [0.2, 0.25) is 15.8 Å². The molecule has 0 aliphatic rings. The summed E-state index contributed by atoms with van der Waals surface area (Å²) >= 11 is 0. The number of nitrogens with one attached hydrogen (secondary N) is 2. The lowest BCUT2D eigenvalue weighted by Crippen LogP contribution is -2.32. The van der Waals surface area contributed by atoms with Crippen LogP contribution in [0, 0.1) is 0 Å². The monoisotopic (exact) mass is 2070 g/mol. The molecule has 0 saturated heterocycles. The van der Waals surface area contributed by atoms with Crippen LogP contribution in [-0.2, 0) is 168 Å². The highest BCUT2D eigenvalue weighted by Crippen LogP contribution is 2.41. The average Bonchev–Trinajstić information content (AvgIpc) is 0.776. The van der Waals surface area contributed by atoms with Crippen LogP contribution in [0.25, 0.3) is 10.8 Å². The van der Waals surface area contributed by atoms with Crippen LogP contribution in [0.3, 0.4) is 0 Å². The van der Waals surface area contributed by atoms with Gasteiger partial charge in [0.05, 0.1) is 381 Å². The summed E-state index contributed by atoms with van der Waals surface area (Å²) < 4.78 is 249. The minimum absolute atomic E-state index is 0.0311. The van der Waals surface area contributed by atoms with Crippen LogP contribution in [0.2, 0.25) is 0 Å². The topological polar surface area (TPSA) is 420 Å². The van der Waals surface area contributed by atoms with Crippen molar-refractivity contribution in [2.45, 2.75) is 48.6 Å². The Morgan fingerprint density at radius 2 is 0.545 bits per heavy atom. The third-order valence-electron chi connectivity index (χ3n) is 19.7. The fraction of sp³-hybridized carbons (Fsp3) is 0.768. The molecule has 0 spiro atoms. The summed E-state index contributed by atoms with van der Waals surface area (Å²) in [5.74, 6) is 0.406. The SMILES string of the molecule is COCCOCCOCCOCC(COCCOCCOCCOC)Oc1cc(CCCNC(=O)c2cc(OC(COCCOCCOCCOC)COCCOCCOCCOC)c(OCCCNS(=O)(=O)c3cccc4c(N(C)C)cccc34)c(OC(COCCOCCOCCOC)COCCOCCOCCOC)c2)cc(OC(COCCOCCOCCOC)COCCOCCOCCOC)c1. The molecule has 43 nitrogen and oxygen atoms in total. The number of rotatable bonds is 109. The van der Waals surface area contributed by atoms with Crippen molar-refractivity contribution in [2.75, 3.05) is 466 Å². The number of sulfonamides is 1. The molecule has 4 rings (SSSR count). The lowest BCUT2D eigenvalue weighted by atomic mass is 10.1. The summed E-state index contributed by atoms with van der Waals surface area (Å²) in [6.07, 6.45) is -2.29. The fourth-order valence-corrected chi connectivity index (χ4v) is 13.8. The van der Waals surface area contributed by atoms with Crippen molar-refractivity contribution < 1.29 is 188 Å². The molecular weight excluding hydrogens is 1900 g/mol. The first-order chi connectivity index (χ1) is 70.3. The molecule has 0 atom stereocenters. The van der Waals surface area contributed by atoms with Gasteiger partial charge in [-0.3, -0.25) is 4.79 Å². The largest absolute Gasteiger partial charge is 0.486 e. The number of hydrogen-bond acceptors (Lipinski definition) is 41. The van der Waals surface area contributed by atoms with Gasteiger partial charge in [0, 0.05) is 112 Å². The molecule has 0 aliphatic carbocycles. The average molecular weight is 2080 g/mol. The second kappa shape index (κ2) is 93.3. The van der Waals surface area contributed by atoms with Gasteiger partial charge in [-0.2, -0.15) is 0 Å². The number of benzene rings is 4. The van der Waals surface area contributed by atoms with E-state index in [9.17, 15) is 8.42 Å². The van der Waals surface area contributed by atoms with Gasteiger partial charge in [-0.25, -0.2) is 13.1 Å². The molecule has 0 bridgehead atoms. The van der Waals surface area contributed by atoms with Crippen LogP contribution in [0.15, 0.2) is 71.6 Å². The molecule has 0 heterocycles. The molecule has 4 aromatic rings. The van der Waals surface area contributed by atoms with Crippen molar-refractivity contribution in [2.24, 2.45) is 0 Å². The Morgan fingerprint density at radius 3 is 0.825 bits per heavy atom. The summed E-state index contributed by atoms with van der Waals surface area (Å²) in [5.41, 5.74) is 1.70. The molecule has 0 aliphatic heterocycles. The summed E-state index contributed by atoms with van der Waals surface area (Å²) in [7, 11) is 12.6. The van der Waals surface area contributed by atoms with E-state index < -0.39 is 40.3 Å². The minimum atomic E-state index is -4.11. The van der Waals surface area contributed by atoms with Crippen molar-refractivity contribution in [3.05, 3.63) is 77.9 Å². The molecule has 4 aromatic carbocycles. The number of anilines is 1. The highest BCUT2D eigenvalue weighted by atomic mass is 32.2. The number of carbonyl (C=O) groups is 1. The van der Waals surface area contributed by atoms with E-state index in [0.29, 0.717) is 241 Å². The summed E-state index contributed by atoms with van der Waals surface area (Å²) in [6, 6.07) is 19.4. The van der Waals surface area contributed by atoms with Crippen molar-refractivity contribution in [3.8, 4) is 28.7 Å². The summed E-state index contributed by atoms with van der Waals surface area (Å²) in [6.45, 7) is 16.2. The van der Waals surface area contributed by atoms with Crippen LogP contribution < -0.4 is 38.6 Å². The van der Waals surface area contributed by atoms with E-state index in [4.69, 9.17) is 175 Å². The Balaban J connectivity index is 1.89. The van der Waals surface area contributed by atoms with Gasteiger partial charge in [-0.15, -0.1) is 0 Å². The number of ether oxygens (including phenoxy) is 37. The van der Waals surface area contributed by atoms with Crippen LogP contribution in [0.1, 0.15) is 28.8 Å². The van der Waals surface area contributed by atoms with Gasteiger partial charge >= 0.3 is 0 Å². The van der Waals surface area contributed by atoms with E-state index in [2.05, 4.69) is 10.0 Å². The van der Waals surface area contributed by atoms with Gasteiger partial charge in [-0.05, 0) is 61.2 Å². The Hall–Kier alpha value is -5.96. The maximum atomic E-state index is 15.5. The zero-order valence-electron chi connectivity index (χ0n) is 86.7. The molecule has 2 N–H and O–H groups in total. The van der Waals surface area contributed by atoms with Crippen molar-refractivity contribution in [1.29, 1.82) is 0 Å². The Bertz CT molecular complexity index is 3430. The van der Waals surface area contributed by atoms with Gasteiger partial charge in [0.25, 0.3) is 5.91 Å². The molecule has 0 aromatic heterocycles. The van der Waals surface area contributed by atoms with Crippen molar-refractivity contribution in [3.63, 3.8) is 0 Å². The number of methoxy groups -OCH3 is 8. The quantitative estimate of drug-likeness (QED) is 0.0510. The van der Waals surface area contributed by atoms with Gasteiger partial charge < -0.3 is 185 Å². The number of hydrogen-bond donors (Lipinski definition) is 2. The van der Waals surface area contributed by atoms with Crippen molar-refractivity contribution >= 4 is 32.4 Å². The van der Waals surface area contributed by atoms with Crippen molar-refractivity contribution in [1.82, 2.24) is 10.0 Å². The second-order valence-corrected chi connectivity index (χ2v) is 33.1. The lowest BCUT2D eigenvalue weighted by molar-refractivity contribution is -0.0433. The van der Waals surface area contributed by atoms with Crippen LogP contribution in [-0.4, -0.2) is 499 Å². The second-order valence-electron chi connectivity index (χ2n) is 31.4. The van der Waals surface area contributed by atoms with E-state index >= 15 is 4.79 Å². The Labute approximate surface area is 847 Å². The van der Waals surface area contributed by atoms with Crippen LogP contribution in [0.4, 0.5) is 5.69 Å². The van der Waals surface area contributed by atoms with E-state index in [1.54, 1.807) is 93.3 Å². The molecule has 143 heavy (non-hydrogen) atoms. The summed E-state index contributed by atoms with van der Waals surface area (Å²) in [5, 5.41) is 4.47. The number of nitrogens with zero attached hydrogens (tertiary/aromatic N) is 1. The molecule has 0 radical (unpaired) electrons. The van der Waals surface area contributed by atoms with E-state index in [1.165, 1.54) is 0 Å². The Kier molecular flexibility index (Phi) is 84.4. The highest BCUT2D eigenvalue weighted by molar-refractivity contribution is 7.89. The van der Waals surface area contributed by atoms with Crippen LogP contribution in [0.5, 0.6) is 28.7 Å². The number of amides is 1. The first-order valence-corrected chi connectivity index (χ1v) is 50.7. The van der Waals surface area contributed by atoms with Gasteiger partial charge in [0.15, 0.2) is 11.5 Å². The third kappa shape index (κ3) is 69.1. The maximum absolute atomic E-state index is 15.5. The normalized spacial score (nSPS) is 11.9. The van der Waals surface area contributed by atoms with E-state index in [-0.39, 0.29) is 212 Å². The number of carbonyl (C=O) groups excluding carboxylic acids is 1. The number of aryl methyl sites for hydroxylation is 1. The molecule has 0 saturated carbocycles. The van der Waals surface area contributed by atoms with Gasteiger partial charge in [-0.1, -0.05) is 24.3 Å². The molecule has 44 heteroatoms.